The molecule has 8 heteroatoms. The lowest BCUT2D eigenvalue weighted by Crippen LogP contribution is -2.42. The van der Waals surface area contributed by atoms with E-state index in [1.807, 2.05) is 6.92 Å². The van der Waals surface area contributed by atoms with Crippen LogP contribution >= 0.6 is 0 Å². The van der Waals surface area contributed by atoms with Crippen LogP contribution in [-0.2, 0) is 22.1 Å². The molecule has 0 unspecified atom stereocenters. The van der Waals surface area contributed by atoms with Crippen LogP contribution in [0.1, 0.15) is 52.2 Å². The molecule has 0 bridgehead atoms. The van der Waals surface area contributed by atoms with Crippen molar-refractivity contribution in [3.05, 3.63) is 35.4 Å². The molecule has 3 atom stereocenters. The maximum absolute atomic E-state index is 12.8. The van der Waals surface area contributed by atoms with E-state index in [-0.39, 0.29) is 23.8 Å². The van der Waals surface area contributed by atoms with Crippen LogP contribution in [0.5, 0.6) is 0 Å². The largest absolute Gasteiger partial charge is 0.444 e. The highest BCUT2D eigenvalue weighted by Crippen LogP contribution is 2.29. The van der Waals surface area contributed by atoms with E-state index < -0.39 is 23.4 Å². The lowest BCUT2D eigenvalue weighted by Gasteiger charge is -2.25. The van der Waals surface area contributed by atoms with Gasteiger partial charge in [-0.2, -0.15) is 13.2 Å². The fourth-order valence-electron chi connectivity index (χ4n) is 3.59. The van der Waals surface area contributed by atoms with E-state index in [1.54, 1.807) is 32.6 Å². The molecule has 168 valence electrons. The fraction of sp³-hybridized carbons (Fsp3) is 0.636. The van der Waals surface area contributed by atoms with Crippen LogP contribution in [0.3, 0.4) is 0 Å². The molecule has 1 aromatic carbocycles. The highest BCUT2D eigenvalue weighted by Gasteiger charge is 2.33. The summed E-state index contributed by atoms with van der Waals surface area (Å²) in [6.07, 6.45) is -3.69. The topological polar surface area (TPSA) is 58.6 Å². The van der Waals surface area contributed by atoms with Gasteiger partial charge in [0, 0.05) is 25.0 Å². The minimum Gasteiger partial charge on any atom is -0.444 e. The van der Waals surface area contributed by atoms with E-state index in [9.17, 15) is 22.8 Å². The molecule has 2 amide bonds. The van der Waals surface area contributed by atoms with Gasteiger partial charge in [-0.15, -0.1) is 0 Å². The van der Waals surface area contributed by atoms with Gasteiger partial charge in [0.1, 0.15) is 5.60 Å². The molecule has 1 aliphatic rings. The number of carbonyl (C=O) groups excluding carboxylic acids is 2. The van der Waals surface area contributed by atoms with Crippen molar-refractivity contribution in [1.29, 1.82) is 0 Å². The zero-order valence-electron chi connectivity index (χ0n) is 18.2. The number of nitrogens with one attached hydrogen (secondary N) is 1. The van der Waals surface area contributed by atoms with Crippen molar-refractivity contribution in [2.24, 2.45) is 11.8 Å². The Labute approximate surface area is 176 Å². The summed E-state index contributed by atoms with van der Waals surface area (Å²) in [6.45, 7) is 10.2. The highest BCUT2D eigenvalue weighted by molar-refractivity contribution is 5.79. The van der Waals surface area contributed by atoms with E-state index in [1.165, 1.54) is 12.1 Å². The summed E-state index contributed by atoms with van der Waals surface area (Å²) < 4.78 is 43.3. The Bertz CT molecular complexity index is 741. The zero-order chi connectivity index (χ0) is 22.7. The van der Waals surface area contributed by atoms with Crippen molar-refractivity contribution in [2.45, 2.75) is 65.3 Å². The van der Waals surface area contributed by atoms with Crippen molar-refractivity contribution in [2.75, 3.05) is 13.1 Å². The Balaban J connectivity index is 1.86. The number of alkyl carbamates (subject to hydrolysis) is 1. The Morgan fingerprint density at radius 3 is 2.30 bits per heavy atom. The Morgan fingerprint density at radius 2 is 1.77 bits per heavy atom. The van der Waals surface area contributed by atoms with E-state index in [4.69, 9.17) is 4.74 Å². The van der Waals surface area contributed by atoms with Crippen LogP contribution in [0.15, 0.2) is 24.3 Å². The second-order valence-electron chi connectivity index (χ2n) is 9.07. The van der Waals surface area contributed by atoms with E-state index in [0.717, 1.165) is 18.6 Å². The fourth-order valence-corrected chi connectivity index (χ4v) is 3.59. The monoisotopic (exact) mass is 428 g/mol. The standard InChI is InChI=1S/C22H31F3N2O3/c1-14(12-16-6-8-18(9-7-16)22(23,24)25)19(28)27-11-10-17(13-27)15(2)26-20(29)30-21(3,4)5/h6-9,14-15,17H,10-13H2,1-5H3,(H,26,29)/t14-,15-,17-/m1/s1. The molecular weight excluding hydrogens is 397 g/mol. The second-order valence-corrected chi connectivity index (χ2v) is 9.07. The lowest BCUT2D eigenvalue weighted by molar-refractivity contribution is -0.137. The van der Waals surface area contributed by atoms with Gasteiger partial charge in [0.05, 0.1) is 5.56 Å². The smallest absolute Gasteiger partial charge is 0.416 e. The molecule has 0 radical (unpaired) electrons. The van der Waals surface area contributed by atoms with Crippen molar-refractivity contribution in [3.63, 3.8) is 0 Å². The third kappa shape index (κ3) is 6.92. The van der Waals surface area contributed by atoms with Gasteiger partial charge in [0.15, 0.2) is 0 Å². The predicted molar refractivity (Wildman–Crippen MR) is 108 cm³/mol. The summed E-state index contributed by atoms with van der Waals surface area (Å²) in [6, 6.07) is 4.80. The molecular formula is C22H31F3N2O3. The van der Waals surface area contributed by atoms with Gasteiger partial charge < -0.3 is 15.0 Å². The average molecular weight is 428 g/mol. The number of hydrogen-bond donors (Lipinski definition) is 1. The minimum absolute atomic E-state index is 0.0261. The summed E-state index contributed by atoms with van der Waals surface area (Å²) in [5, 5.41) is 2.83. The Morgan fingerprint density at radius 1 is 1.17 bits per heavy atom. The van der Waals surface area contributed by atoms with Crippen molar-refractivity contribution >= 4 is 12.0 Å². The van der Waals surface area contributed by atoms with Gasteiger partial charge in [-0.25, -0.2) is 4.79 Å². The number of nitrogens with zero attached hydrogens (tertiary/aromatic N) is 1. The van der Waals surface area contributed by atoms with Gasteiger partial charge in [0.25, 0.3) is 0 Å². The summed E-state index contributed by atoms with van der Waals surface area (Å²) in [5.41, 5.74) is -0.575. The molecule has 1 saturated heterocycles. The van der Waals surface area contributed by atoms with Crippen LogP contribution in [-0.4, -0.2) is 41.6 Å². The molecule has 1 fully saturated rings. The van der Waals surface area contributed by atoms with E-state index >= 15 is 0 Å². The molecule has 2 rings (SSSR count). The maximum Gasteiger partial charge on any atom is 0.416 e. The molecule has 0 aliphatic carbocycles. The van der Waals surface area contributed by atoms with Crippen LogP contribution in [0.2, 0.25) is 0 Å². The summed E-state index contributed by atoms with van der Waals surface area (Å²) in [5.74, 6) is -0.240. The van der Waals surface area contributed by atoms with Crippen molar-refractivity contribution < 1.29 is 27.5 Å². The van der Waals surface area contributed by atoms with Gasteiger partial charge in [-0.3, -0.25) is 4.79 Å². The molecule has 5 nitrogen and oxygen atoms in total. The summed E-state index contributed by atoms with van der Waals surface area (Å²) in [7, 11) is 0. The Hall–Kier alpha value is -2.25. The maximum atomic E-state index is 12.8. The molecule has 1 N–H and O–H groups in total. The number of hydrogen-bond acceptors (Lipinski definition) is 3. The van der Waals surface area contributed by atoms with E-state index in [2.05, 4.69) is 5.32 Å². The molecule has 0 saturated carbocycles. The van der Waals surface area contributed by atoms with Crippen LogP contribution < -0.4 is 5.32 Å². The third-order valence-corrected chi connectivity index (χ3v) is 5.23. The quantitative estimate of drug-likeness (QED) is 0.743. The molecule has 1 heterocycles. The first kappa shape index (κ1) is 24.0. The number of likely N-dealkylation sites (tertiary alicyclic amines) is 1. The number of benzene rings is 1. The van der Waals surface area contributed by atoms with Crippen molar-refractivity contribution in [3.8, 4) is 0 Å². The lowest BCUT2D eigenvalue weighted by atomic mass is 9.98. The van der Waals surface area contributed by atoms with Crippen molar-refractivity contribution in [1.82, 2.24) is 10.2 Å². The SMILES string of the molecule is C[C@H](Cc1ccc(C(F)(F)F)cc1)C(=O)N1CC[C@@H]([C@@H](C)NC(=O)OC(C)(C)C)C1. The number of halogens is 3. The van der Waals surface area contributed by atoms with Crippen LogP contribution in [0, 0.1) is 11.8 Å². The molecule has 0 aromatic heterocycles. The molecule has 1 aliphatic heterocycles. The number of rotatable bonds is 5. The van der Waals surface area contributed by atoms with Crippen LogP contribution in [0.25, 0.3) is 0 Å². The number of carbonyl (C=O) groups is 2. The van der Waals surface area contributed by atoms with Gasteiger partial charge in [-0.05, 0) is 64.2 Å². The summed E-state index contributed by atoms with van der Waals surface area (Å²) >= 11 is 0. The van der Waals surface area contributed by atoms with Gasteiger partial charge in [0.2, 0.25) is 5.91 Å². The number of ether oxygens (including phenoxy) is 1. The Kier molecular flexibility index (Phi) is 7.42. The number of alkyl halides is 3. The van der Waals surface area contributed by atoms with Crippen LogP contribution in [0.4, 0.5) is 18.0 Å². The number of amides is 2. The van der Waals surface area contributed by atoms with E-state index in [0.29, 0.717) is 25.1 Å². The summed E-state index contributed by atoms with van der Waals surface area (Å²) in [4.78, 5) is 26.5. The zero-order valence-corrected chi connectivity index (χ0v) is 18.2. The second kappa shape index (κ2) is 9.27. The molecule has 1 aromatic rings. The normalized spacial score (nSPS) is 19.3. The average Bonchev–Trinajstić information content (AvgIpc) is 3.09. The minimum atomic E-state index is -4.37. The molecule has 30 heavy (non-hydrogen) atoms. The first-order valence-corrected chi connectivity index (χ1v) is 10.2. The first-order valence-electron chi connectivity index (χ1n) is 10.2. The first-order chi connectivity index (χ1) is 13.8. The third-order valence-electron chi connectivity index (χ3n) is 5.23. The predicted octanol–water partition coefficient (Wildman–Crippen LogP) is 4.65. The van der Waals surface area contributed by atoms with Gasteiger partial charge in [-0.1, -0.05) is 19.1 Å². The molecule has 0 spiro atoms. The highest BCUT2D eigenvalue weighted by atomic mass is 19.4. The van der Waals surface area contributed by atoms with Gasteiger partial charge >= 0.3 is 12.3 Å².